The third-order valence-electron chi connectivity index (χ3n) is 12.7. The number of carbonyl (C=O) groups excluding carboxylic acids is 2. The number of carbonyl (C=O) groups is 3. The number of allylic oxidation sites excluding steroid dienone is 12. The van der Waals surface area contributed by atoms with E-state index in [4.69, 9.17) is 18.9 Å². The van der Waals surface area contributed by atoms with Crippen LogP contribution < -0.4 is 0 Å². The number of aliphatic carboxylic acids is 1. The molecule has 0 bridgehead atoms. The number of rotatable bonds is 54. The molecular formula is C63H112NO8+. The summed E-state index contributed by atoms with van der Waals surface area (Å²) in [5, 5.41) is 9.69. The first-order chi connectivity index (χ1) is 35.1. The molecule has 0 amide bonds. The van der Waals surface area contributed by atoms with Crippen LogP contribution in [0.1, 0.15) is 251 Å². The summed E-state index contributed by atoms with van der Waals surface area (Å²) in [6.45, 7) is 4.70. The third-order valence-corrected chi connectivity index (χ3v) is 12.7. The van der Waals surface area contributed by atoms with Crippen LogP contribution in [0.5, 0.6) is 0 Å². The van der Waals surface area contributed by atoms with Gasteiger partial charge in [0.2, 0.25) is 0 Å². The Morgan fingerprint density at radius 2 is 0.792 bits per heavy atom. The Kier molecular flexibility index (Phi) is 51.6. The number of unbranched alkanes of at least 4 members (excludes halogenated alkanes) is 27. The summed E-state index contributed by atoms with van der Waals surface area (Å²) in [5.41, 5.74) is 0. The van der Waals surface area contributed by atoms with Gasteiger partial charge in [0.05, 0.1) is 34.4 Å². The summed E-state index contributed by atoms with van der Waals surface area (Å²) in [4.78, 5) is 37.4. The van der Waals surface area contributed by atoms with Crippen LogP contribution >= 0.6 is 0 Å². The molecule has 0 saturated carbocycles. The average molecular weight is 1010 g/mol. The minimum absolute atomic E-state index is 0.134. The summed E-state index contributed by atoms with van der Waals surface area (Å²) in [7, 11) is 5.94. The number of quaternary nitrogens is 1. The van der Waals surface area contributed by atoms with E-state index < -0.39 is 24.3 Å². The van der Waals surface area contributed by atoms with Gasteiger partial charge in [0.1, 0.15) is 13.2 Å². The molecule has 9 heteroatoms. The van der Waals surface area contributed by atoms with Crippen molar-refractivity contribution in [2.24, 2.45) is 0 Å². The lowest BCUT2D eigenvalue weighted by Gasteiger charge is -2.25. The molecule has 1 N–H and O–H groups in total. The topological polar surface area (TPSA) is 108 Å². The molecular weight excluding hydrogens is 899 g/mol. The number of carboxylic acids is 1. The van der Waals surface area contributed by atoms with Crippen molar-refractivity contribution < 1.29 is 42.9 Å². The number of carboxylic acid groups (broad SMARTS) is 1. The maximum absolute atomic E-state index is 12.8. The van der Waals surface area contributed by atoms with E-state index in [2.05, 4.69) is 74.6 Å². The lowest BCUT2D eigenvalue weighted by Crippen LogP contribution is -2.40. The van der Waals surface area contributed by atoms with E-state index in [1.54, 1.807) is 0 Å². The molecule has 72 heavy (non-hydrogen) atoms. The predicted octanol–water partition coefficient (Wildman–Crippen LogP) is 17.4. The molecule has 2 unspecified atom stereocenters. The monoisotopic (exact) mass is 1010 g/mol. The molecule has 9 nitrogen and oxygen atoms in total. The molecule has 0 radical (unpaired) electrons. The summed E-state index contributed by atoms with van der Waals surface area (Å²) in [6, 6.07) is 0. The summed E-state index contributed by atoms with van der Waals surface area (Å²) in [5.74, 6) is -2.11. The Hall–Kier alpha value is -3.27. The Balaban J connectivity index is 4.24. The zero-order valence-electron chi connectivity index (χ0n) is 47.3. The van der Waals surface area contributed by atoms with Crippen molar-refractivity contribution >= 4 is 17.9 Å². The zero-order chi connectivity index (χ0) is 52.7. The molecule has 0 spiro atoms. The van der Waals surface area contributed by atoms with Gasteiger partial charge in [-0.05, 0) is 51.4 Å². The fraction of sp³-hybridized carbons (Fsp3) is 0.762. The Morgan fingerprint density at radius 1 is 0.431 bits per heavy atom. The van der Waals surface area contributed by atoms with Gasteiger partial charge in [0.25, 0.3) is 6.29 Å². The second-order valence-corrected chi connectivity index (χ2v) is 20.9. The van der Waals surface area contributed by atoms with Gasteiger partial charge in [-0.3, -0.25) is 9.59 Å². The molecule has 0 heterocycles. The molecule has 0 aromatic carbocycles. The first-order valence-corrected chi connectivity index (χ1v) is 29.6. The highest BCUT2D eigenvalue weighted by molar-refractivity contribution is 5.71. The number of hydrogen-bond donors (Lipinski definition) is 1. The van der Waals surface area contributed by atoms with Gasteiger partial charge in [-0.15, -0.1) is 0 Å². The Bertz CT molecular complexity index is 1410. The highest BCUT2D eigenvalue weighted by atomic mass is 16.7. The van der Waals surface area contributed by atoms with E-state index in [0.29, 0.717) is 17.4 Å². The van der Waals surface area contributed by atoms with Gasteiger partial charge in [-0.1, -0.05) is 260 Å². The lowest BCUT2D eigenvalue weighted by atomic mass is 10.0. The van der Waals surface area contributed by atoms with Crippen LogP contribution in [0.4, 0.5) is 0 Å². The maximum Gasteiger partial charge on any atom is 0.361 e. The molecule has 2 atom stereocenters. The van der Waals surface area contributed by atoms with Crippen molar-refractivity contribution in [2.45, 2.75) is 264 Å². The number of ether oxygens (including phenoxy) is 4. The highest BCUT2D eigenvalue weighted by Gasteiger charge is 2.25. The van der Waals surface area contributed by atoms with Crippen molar-refractivity contribution in [2.75, 3.05) is 47.5 Å². The second kappa shape index (κ2) is 54.0. The van der Waals surface area contributed by atoms with Crippen molar-refractivity contribution in [3.8, 4) is 0 Å². The summed E-state index contributed by atoms with van der Waals surface area (Å²) in [6.07, 6.45) is 67.3. The first kappa shape index (κ1) is 68.7. The number of hydrogen-bond acceptors (Lipinski definition) is 7. The minimum atomic E-state index is -1.53. The second-order valence-electron chi connectivity index (χ2n) is 20.9. The average Bonchev–Trinajstić information content (AvgIpc) is 3.35. The van der Waals surface area contributed by atoms with Gasteiger partial charge in [0, 0.05) is 12.8 Å². The highest BCUT2D eigenvalue weighted by Crippen LogP contribution is 2.17. The molecule has 0 aliphatic heterocycles. The van der Waals surface area contributed by atoms with Crippen LogP contribution in [0, 0.1) is 0 Å². The third kappa shape index (κ3) is 54.5. The van der Waals surface area contributed by atoms with Crippen molar-refractivity contribution in [1.29, 1.82) is 0 Å². The first-order valence-electron chi connectivity index (χ1n) is 29.6. The van der Waals surface area contributed by atoms with E-state index in [-0.39, 0.29) is 38.6 Å². The fourth-order valence-corrected chi connectivity index (χ4v) is 8.22. The van der Waals surface area contributed by atoms with Gasteiger partial charge in [-0.2, -0.15) is 0 Å². The van der Waals surface area contributed by atoms with E-state index >= 15 is 0 Å². The predicted molar refractivity (Wildman–Crippen MR) is 304 cm³/mol. The van der Waals surface area contributed by atoms with Crippen molar-refractivity contribution in [1.82, 2.24) is 0 Å². The zero-order valence-corrected chi connectivity index (χ0v) is 47.3. The van der Waals surface area contributed by atoms with Crippen LogP contribution in [0.25, 0.3) is 0 Å². The molecule has 0 saturated heterocycles. The molecule has 0 aliphatic carbocycles. The van der Waals surface area contributed by atoms with Crippen LogP contribution in [0.15, 0.2) is 72.9 Å². The largest absolute Gasteiger partial charge is 0.477 e. The lowest BCUT2D eigenvalue weighted by molar-refractivity contribution is -0.870. The molecule has 0 aliphatic rings. The van der Waals surface area contributed by atoms with Crippen LogP contribution in [0.3, 0.4) is 0 Å². The molecule has 0 fully saturated rings. The Morgan fingerprint density at radius 3 is 1.15 bits per heavy atom. The summed E-state index contributed by atoms with van der Waals surface area (Å²) < 4.78 is 22.8. The summed E-state index contributed by atoms with van der Waals surface area (Å²) >= 11 is 0. The molecule has 0 aromatic rings. The number of esters is 2. The Labute approximate surface area is 443 Å². The van der Waals surface area contributed by atoms with E-state index in [9.17, 15) is 19.5 Å². The number of nitrogens with zero attached hydrogens (tertiary/aromatic N) is 1. The molecule has 0 rings (SSSR count). The van der Waals surface area contributed by atoms with Gasteiger partial charge in [-0.25, -0.2) is 4.79 Å². The smallest absolute Gasteiger partial charge is 0.361 e. The minimum Gasteiger partial charge on any atom is -0.477 e. The van der Waals surface area contributed by atoms with E-state index in [0.717, 1.165) is 57.8 Å². The van der Waals surface area contributed by atoms with E-state index in [1.165, 1.54) is 161 Å². The SMILES string of the molecule is CC/C=C\C/C=C\C/C=C\C/C=C\C/C=C\C/C=C\CCC(=O)OC(COC(=O)CCCCCCCCCCCCCCCCCCCCCCCCCCCCCC)COC(OCC[N+](C)(C)C)C(=O)O. The molecule has 416 valence electrons. The van der Waals surface area contributed by atoms with Crippen LogP contribution in [-0.4, -0.2) is 87.4 Å². The van der Waals surface area contributed by atoms with E-state index in [1.807, 2.05) is 33.3 Å². The van der Waals surface area contributed by atoms with Gasteiger partial charge >= 0.3 is 17.9 Å². The molecule has 0 aromatic heterocycles. The van der Waals surface area contributed by atoms with Crippen LogP contribution in [0.2, 0.25) is 0 Å². The van der Waals surface area contributed by atoms with Crippen molar-refractivity contribution in [3.63, 3.8) is 0 Å². The van der Waals surface area contributed by atoms with Gasteiger partial charge < -0.3 is 28.5 Å². The van der Waals surface area contributed by atoms with Gasteiger partial charge in [0.15, 0.2) is 6.10 Å². The van der Waals surface area contributed by atoms with Crippen molar-refractivity contribution in [3.05, 3.63) is 72.9 Å². The fourth-order valence-electron chi connectivity index (χ4n) is 8.22. The number of likely N-dealkylation sites (N-methyl/N-ethyl adjacent to an activating group) is 1. The maximum atomic E-state index is 12.8. The van der Waals surface area contributed by atoms with Crippen LogP contribution in [-0.2, 0) is 33.3 Å². The quantitative estimate of drug-likeness (QED) is 0.0211. The standard InChI is InChI=1S/C63H111NO8/c1-6-8-10-12-14-16-18-20-22-24-26-27-28-29-30-31-32-33-34-36-37-39-41-43-45-47-49-51-53-60(65)70-57-59(58-71-63(62(67)68)69-56-55-64(3,4)5)72-61(66)54-52-50-48-46-44-42-40-38-35-25-23-21-19-17-15-13-11-9-7-2/h9,11,15,17,21,23,35,38,42,44,48,50,59,63H,6-8,10,12-14,16,18-20,22,24-34,36-37,39-41,43,45-47,49,51-58H2,1-5H3/p+1/b11-9-,17-15-,23-21-,38-35-,44-42-,50-48-. The normalized spacial score (nSPS) is 13.3.